The van der Waals surface area contributed by atoms with Crippen molar-refractivity contribution in [3.63, 3.8) is 0 Å². The Morgan fingerprint density at radius 1 is 0.595 bits per heavy atom. The normalized spacial score (nSPS) is 11.7. The van der Waals surface area contributed by atoms with Crippen LogP contribution >= 0.6 is 31.9 Å². The van der Waals surface area contributed by atoms with Gasteiger partial charge in [0, 0.05) is 22.3 Å². The van der Waals surface area contributed by atoms with E-state index in [-0.39, 0.29) is 22.6 Å². The SMILES string of the molecule is O=Cc1ccc(OCc2cccc(-c3cccc(COc4ccc(C=O)cc4Br)c3C(F)(F)F)c2C(F)(F)F)c(Br)c1. The summed E-state index contributed by atoms with van der Waals surface area (Å²) in [5, 5.41) is 0. The molecule has 0 saturated heterocycles. The van der Waals surface area contributed by atoms with E-state index in [0.717, 1.165) is 24.3 Å². The van der Waals surface area contributed by atoms with Crippen molar-refractivity contribution in [1.29, 1.82) is 0 Å². The first-order chi connectivity index (χ1) is 19.8. The molecule has 218 valence electrons. The fourth-order valence-corrected chi connectivity index (χ4v) is 5.31. The Balaban J connectivity index is 1.77. The highest BCUT2D eigenvalue weighted by atomic mass is 79.9. The first-order valence-electron chi connectivity index (χ1n) is 12.0. The molecule has 0 aliphatic carbocycles. The van der Waals surface area contributed by atoms with E-state index in [4.69, 9.17) is 9.47 Å². The minimum Gasteiger partial charge on any atom is -0.488 e. The van der Waals surface area contributed by atoms with Crippen LogP contribution < -0.4 is 9.47 Å². The summed E-state index contributed by atoms with van der Waals surface area (Å²) in [5.41, 5.74) is -4.07. The molecule has 4 aromatic rings. The van der Waals surface area contributed by atoms with E-state index >= 15 is 0 Å². The number of hydrogen-bond donors (Lipinski definition) is 0. The van der Waals surface area contributed by atoms with Gasteiger partial charge in [-0.3, -0.25) is 9.59 Å². The van der Waals surface area contributed by atoms with Crippen molar-refractivity contribution in [2.75, 3.05) is 0 Å². The number of aldehydes is 2. The van der Waals surface area contributed by atoms with Gasteiger partial charge in [0.15, 0.2) is 0 Å². The van der Waals surface area contributed by atoms with E-state index in [1.165, 1.54) is 48.5 Å². The number of ether oxygens (including phenoxy) is 2. The van der Waals surface area contributed by atoms with Crippen LogP contribution in [0.1, 0.15) is 43.0 Å². The van der Waals surface area contributed by atoms with Crippen molar-refractivity contribution < 1.29 is 45.4 Å². The van der Waals surface area contributed by atoms with Crippen LogP contribution in [0.4, 0.5) is 26.3 Å². The summed E-state index contributed by atoms with van der Waals surface area (Å²) in [6.07, 6.45) is -8.90. The molecule has 4 nitrogen and oxygen atoms in total. The average Bonchev–Trinajstić information content (AvgIpc) is 2.94. The molecular formula is C30H18Br2F6O4. The standard InChI is InChI=1S/C30H18Br2F6O4/c31-23-11-17(13-39)7-9-25(23)41-15-19-3-1-5-21(27(19)29(33,34)35)22-6-2-4-20(28(22)30(36,37)38)16-42-26-10-8-18(14-40)12-24(26)32/h1-14H,15-16H2. The molecule has 4 aromatic carbocycles. The summed E-state index contributed by atoms with van der Waals surface area (Å²) in [6, 6.07) is 15.1. The van der Waals surface area contributed by atoms with Gasteiger partial charge in [0.1, 0.15) is 37.3 Å². The Hall–Kier alpha value is -3.64. The van der Waals surface area contributed by atoms with Crippen molar-refractivity contribution >= 4 is 44.4 Å². The monoisotopic (exact) mass is 714 g/mol. The van der Waals surface area contributed by atoms with E-state index in [1.54, 1.807) is 0 Å². The zero-order chi connectivity index (χ0) is 30.7. The molecule has 4 rings (SSSR count). The highest BCUT2D eigenvalue weighted by molar-refractivity contribution is 9.10. The van der Waals surface area contributed by atoms with Gasteiger partial charge in [0.2, 0.25) is 0 Å². The predicted molar refractivity (Wildman–Crippen MR) is 150 cm³/mol. The van der Waals surface area contributed by atoms with Crippen LogP contribution in [0.3, 0.4) is 0 Å². The molecule has 0 bridgehead atoms. The smallest absolute Gasteiger partial charge is 0.417 e. The van der Waals surface area contributed by atoms with Gasteiger partial charge in [0.25, 0.3) is 0 Å². The number of carbonyl (C=O) groups is 2. The van der Waals surface area contributed by atoms with Crippen molar-refractivity contribution in [1.82, 2.24) is 0 Å². The molecule has 0 amide bonds. The number of carbonyl (C=O) groups excluding carboxylic acids is 2. The molecule has 0 atom stereocenters. The molecule has 0 fully saturated rings. The van der Waals surface area contributed by atoms with E-state index in [0.29, 0.717) is 32.6 Å². The Bertz CT molecular complexity index is 1510. The van der Waals surface area contributed by atoms with Crippen LogP contribution in [0.25, 0.3) is 11.1 Å². The lowest BCUT2D eigenvalue weighted by Gasteiger charge is -2.22. The molecule has 0 heterocycles. The minimum atomic E-state index is -5.03. The van der Waals surface area contributed by atoms with Crippen molar-refractivity contribution in [3.8, 4) is 22.6 Å². The zero-order valence-corrected chi connectivity index (χ0v) is 24.3. The van der Waals surface area contributed by atoms with Gasteiger partial charge in [-0.2, -0.15) is 26.3 Å². The number of rotatable bonds is 9. The molecule has 0 N–H and O–H groups in total. The number of hydrogen-bond acceptors (Lipinski definition) is 4. The largest absolute Gasteiger partial charge is 0.488 e. The average molecular weight is 716 g/mol. The highest BCUT2D eigenvalue weighted by Gasteiger charge is 2.41. The fourth-order valence-electron chi connectivity index (χ4n) is 4.29. The second kappa shape index (κ2) is 12.7. The van der Waals surface area contributed by atoms with E-state index in [1.807, 2.05) is 0 Å². The Kier molecular flexibility index (Phi) is 9.47. The lowest BCUT2D eigenvalue weighted by molar-refractivity contribution is -0.140. The molecule has 0 spiro atoms. The highest BCUT2D eigenvalue weighted by Crippen LogP contribution is 2.45. The van der Waals surface area contributed by atoms with Gasteiger partial charge in [-0.25, -0.2) is 0 Å². The van der Waals surface area contributed by atoms with E-state index in [2.05, 4.69) is 31.9 Å². The van der Waals surface area contributed by atoms with Crippen LogP contribution in [0.2, 0.25) is 0 Å². The molecule has 42 heavy (non-hydrogen) atoms. The third-order valence-electron chi connectivity index (χ3n) is 6.11. The van der Waals surface area contributed by atoms with Crippen LogP contribution in [0.5, 0.6) is 11.5 Å². The van der Waals surface area contributed by atoms with E-state index < -0.39 is 47.8 Å². The van der Waals surface area contributed by atoms with Gasteiger partial charge in [-0.15, -0.1) is 0 Å². The summed E-state index contributed by atoms with van der Waals surface area (Å²) in [6.45, 7) is -1.23. The van der Waals surface area contributed by atoms with Crippen molar-refractivity contribution in [3.05, 3.63) is 115 Å². The lowest BCUT2D eigenvalue weighted by atomic mass is 9.89. The number of alkyl halides is 6. The maximum Gasteiger partial charge on any atom is 0.417 e. The maximum absolute atomic E-state index is 14.5. The van der Waals surface area contributed by atoms with Crippen LogP contribution in [-0.4, -0.2) is 12.6 Å². The number of halogens is 8. The van der Waals surface area contributed by atoms with E-state index in [9.17, 15) is 35.9 Å². The topological polar surface area (TPSA) is 52.6 Å². The molecule has 0 saturated carbocycles. The van der Waals surface area contributed by atoms with Gasteiger partial charge in [0.05, 0.1) is 20.1 Å². The molecule has 0 unspecified atom stereocenters. The summed E-state index contributed by atoms with van der Waals surface area (Å²) in [5.74, 6) is 0.281. The van der Waals surface area contributed by atoms with Crippen LogP contribution in [0, 0.1) is 0 Å². The Morgan fingerprint density at radius 2 is 0.976 bits per heavy atom. The van der Waals surface area contributed by atoms with Gasteiger partial charge in [-0.1, -0.05) is 36.4 Å². The quantitative estimate of drug-likeness (QED) is 0.128. The van der Waals surface area contributed by atoms with Crippen molar-refractivity contribution in [2.24, 2.45) is 0 Å². The zero-order valence-electron chi connectivity index (χ0n) is 21.2. The maximum atomic E-state index is 14.5. The second-order valence-electron chi connectivity index (χ2n) is 8.87. The third-order valence-corrected chi connectivity index (χ3v) is 7.35. The summed E-state index contributed by atoms with van der Waals surface area (Å²) in [7, 11) is 0. The molecule has 0 aliphatic rings. The van der Waals surface area contributed by atoms with Gasteiger partial charge in [-0.05, 0) is 79.4 Å². The first kappa shape index (κ1) is 31.3. The molecule has 0 aliphatic heterocycles. The molecule has 12 heteroatoms. The molecule has 0 radical (unpaired) electrons. The van der Waals surface area contributed by atoms with Crippen molar-refractivity contribution in [2.45, 2.75) is 25.6 Å². The molecular weight excluding hydrogens is 698 g/mol. The summed E-state index contributed by atoms with van der Waals surface area (Å²) in [4.78, 5) is 21.9. The molecule has 0 aromatic heterocycles. The first-order valence-corrected chi connectivity index (χ1v) is 13.6. The second-order valence-corrected chi connectivity index (χ2v) is 10.6. The summed E-state index contributed by atoms with van der Waals surface area (Å²) < 4.78 is 98.5. The Labute approximate surface area is 252 Å². The Morgan fingerprint density at radius 3 is 1.29 bits per heavy atom. The predicted octanol–water partition coefficient (Wildman–Crippen LogP) is 9.70. The minimum absolute atomic E-state index is 0.140. The van der Waals surface area contributed by atoms with Crippen LogP contribution in [-0.2, 0) is 25.6 Å². The fraction of sp³-hybridized carbons (Fsp3) is 0.133. The summed E-state index contributed by atoms with van der Waals surface area (Å²) >= 11 is 6.38. The van der Waals surface area contributed by atoms with Gasteiger partial charge < -0.3 is 9.47 Å². The third kappa shape index (κ3) is 7.04. The van der Waals surface area contributed by atoms with Gasteiger partial charge >= 0.3 is 12.4 Å². The van der Waals surface area contributed by atoms with Crippen LogP contribution in [0.15, 0.2) is 81.7 Å². The lowest BCUT2D eigenvalue weighted by Crippen LogP contribution is -2.17. The number of benzene rings is 4.